The Morgan fingerprint density at radius 2 is 2.19 bits per heavy atom. The van der Waals surface area contributed by atoms with E-state index in [-0.39, 0.29) is 0 Å². The lowest BCUT2D eigenvalue weighted by molar-refractivity contribution is 0.573. The van der Waals surface area contributed by atoms with Gasteiger partial charge >= 0.3 is 0 Å². The minimum atomic E-state index is 0.547. The fraction of sp³-hybridized carbons (Fsp3) is 0.389. The summed E-state index contributed by atoms with van der Waals surface area (Å²) in [4.78, 5) is 10.2. The van der Waals surface area contributed by atoms with Crippen LogP contribution in [0.2, 0.25) is 0 Å². The lowest BCUT2D eigenvalue weighted by Gasteiger charge is -2.10. The molecule has 3 rings (SSSR count). The van der Waals surface area contributed by atoms with Gasteiger partial charge in [-0.3, -0.25) is 4.68 Å². The molecule has 0 radical (unpaired) electrons. The van der Waals surface area contributed by atoms with Gasteiger partial charge in [-0.05, 0) is 32.2 Å². The molecule has 7 nitrogen and oxygen atoms in total. The number of hydrogen-bond acceptors (Lipinski definition) is 5. The summed E-state index contributed by atoms with van der Waals surface area (Å²) in [6, 6.07) is 3.98. The topological polar surface area (TPSA) is 80.3 Å². The van der Waals surface area contributed by atoms with Gasteiger partial charge in [0.05, 0.1) is 29.4 Å². The summed E-state index contributed by atoms with van der Waals surface area (Å²) in [5.74, 6) is 1.40. The first-order valence-electron chi connectivity index (χ1n) is 8.58. The zero-order chi connectivity index (χ0) is 18.5. The molecule has 0 spiro atoms. The van der Waals surface area contributed by atoms with Crippen LogP contribution < -0.4 is 10.6 Å². The van der Waals surface area contributed by atoms with Gasteiger partial charge in [0, 0.05) is 24.8 Å². The monoisotopic (exact) mass is 372 g/mol. The molecule has 0 aliphatic carbocycles. The molecule has 26 heavy (non-hydrogen) atoms. The van der Waals surface area contributed by atoms with Crippen molar-refractivity contribution in [2.45, 2.75) is 33.9 Å². The van der Waals surface area contributed by atoms with Crippen molar-refractivity contribution in [2.24, 2.45) is 12.0 Å². The van der Waals surface area contributed by atoms with Crippen molar-refractivity contribution >= 4 is 17.3 Å². The number of oxazole rings is 1. The summed E-state index contributed by atoms with van der Waals surface area (Å²) in [6.45, 7) is 8.04. The summed E-state index contributed by atoms with van der Waals surface area (Å²) < 4.78 is 7.44. The van der Waals surface area contributed by atoms with E-state index < -0.39 is 0 Å². The Labute approximate surface area is 157 Å². The van der Waals surface area contributed by atoms with Gasteiger partial charge in [0.15, 0.2) is 5.96 Å². The molecular weight excluding hydrogens is 348 g/mol. The highest BCUT2D eigenvalue weighted by atomic mass is 32.1. The SMILES string of the molecule is CCNC(=NCc1c(C)nn(C)c1C)NCc1coc(-c2cccs2)n1. The molecule has 138 valence electrons. The fourth-order valence-electron chi connectivity index (χ4n) is 2.62. The highest BCUT2D eigenvalue weighted by Crippen LogP contribution is 2.23. The maximum Gasteiger partial charge on any atom is 0.236 e. The molecule has 0 aromatic carbocycles. The van der Waals surface area contributed by atoms with E-state index in [2.05, 4.69) is 32.6 Å². The Morgan fingerprint density at radius 1 is 1.35 bits per heavy atom. The summed E-state index contributed by atoms with van der Waals surface area (Å²) in [6.07, 6.45) is 1.68. The van der Waals surface area contributed by atoms with Crippen LogP contribution in [0.25, 0.3) is 10.8 Å². The quantitative estimate of drug-likeness (QED) is 0.514. The standard InChI is InChI=1S/C18H24N6OS/c1-5-19-18(21-10-15-12(2)23-24(4)13(15)3)20-9-14-11-25-17(22-14)16-7-6-8-26-16/h6-8,11H,5,9-10H2,1-4H3,(H2,19,20,21). The molecule has 0 atom stereocenters. The van der Waals surface area contributed by atoms with E-state index in [9.17, 15) is 0 Å². The summed E-state index contributed by atoms with van der Waals surface area (Å²) in [7, 11) is 1.95. The first kappa shape index (κ1) is 18.2. The van der Waals surface area contributed by atoms with Crippen LogP contribution in [-0.2, 0) is 20.1 Å². The molecule has 3 aromatic heterocycles. The maximum atomic E-state index is 5.55. The average molecular weight is 372 g/mol. The van der Waals surface area contributed by atoms with E-state index in [0.29, 0.717) is 19.0 Å². The lowest BCUT2D eigenvalue weighted by Crippen LogP contribution is -2.36. The fourth-order valence-corrected chi connectivity index (χ4v) is 3.28. The van der Waals surface area contributed by atoms with E-state index in [0.717, 1.165) is 40.0 Å². The molecule has 0 aliphatic heterocycles. The van der Waals surface area contributed by atoms with E-state index in [1.165, 1.54) is 0 Å². The zero-order valence-electron chi connectivity index (χ0n) is 15.5. The molecule has 0 saturated carbocycles. The third-order valence-corrected chi connectivity index (χ3v) is 4.98. The second-order valence-corrected chi connectivity index (χ2v) is 6.89. The summed E-state index contributed by atoms with van der Waals surface area (Å²) in [5.41, 5.74) is 4.15. The zero-order valence-corrected chi connectivity index (χ0v) is 16.4. The predicted octanol–water partition coefficient (Wildman–Crippen LogP) is 3.01. The second-order valence-electron chi connectivity index (χ2n) is 5.94. The Kier molecular flexibility index (Phi) is 5.72. The summed E-state index contributed by atoms with van der Waals surface area (Å²) >= 11 is 1.61. The summed E-state index contributed by atoms with van der Waals surface area (Å²) in [5, 5.41) is 13.0. The maximum absolute atomic E-state index is 5.55. The van der Waals surface area contributed by atoms with Crippen LogP contribution in [0.15, 0.2) is 33.2 Å². The number of nitrogens with zero attached hydrogens (tertiary/aromatic N) is 4. The van der Waals surface area contributed by atoms with E-state index in [1.54, 1.807) is 17.6 Å². The predicted molar refractivity (Wildman–Crippen MR) is 104 cm³/mol. The van der Waals surface area contributed by atoms with Gasteiger partial charge < -0.3 is 15.1 Å². The van der Waals surface area contributed by atoms with Gasteiger partial charge in [0.25, 0.3) is 0 Å². The largest absolute Gasteiger partial charge is 0.443 e. The first-order valence-corrected chi connectivity index (χ1v) is 9.46. The number of guanidine groups is 1. The Bertz CT molecular complexity index is 878. The lowest BCUT2D eigenvalue weighted by atomic mass is 10.2. The molecule has 0 aliphatic rings. The molecular formula is C18H24N6OS. The number of nitrogens with one attached hydrogen (secondary N) is 2. The highest BCUT2D eigenvalue weighted by Gasteiger charge is 2.10. The molecule has 0 amide bonds. The minimum absolute atomic E-state index is 0.547. The molecule has 0 bridgehead atoms. The van der Waals surface area contributed by atoms with Crippen molar-refractivity contribution in [3.05, 3.63) is 46.4 Å². The van der Waals surface area contributed by atoms with Crippen LogP contribution >= 0.6 is 11.3 Å². The van der Waals surface area contributed by atoms with Crippen molar-refractivity contribution in [1.29, 1.82) is 0 Å². The van der Waals surface area contributed by atoms with E-state index in [4.69, 9.17) is 4.42 Å². The smallest absolute Gasteiger partial charge is 0.236 e. The third-order valence-electron chi connectivity index (χ3n) is 4.12. The number of rotatable bonds is 6. The molecule has 0 unspecified atom stereocenters. The minimum Gasteiger partial charge on any atom is -0.443 e. The average Bonchev–Trinajstić information content (AvgIpc) is 3.34. The molecule has 3 aromatic rings. The van der Waals surface area contributed by atoms with Crippen molar-refractivity contribution in [3.63, 3.8) is 0 Å². The van der Waals surface area contributed by atoms with Gasteiger partial charge in [0.2, 0.25) is 5.89 Å². The van der Waals surface area contributed by atoms with Crippen LogP contribution in [0.1, 0.15) is 29.6 Å². The molecule has 0 saturated heterocycles. The van der Waals surface area contributed by atoms with Crippen molar-refractivity contribution < 1.29 is 4.42 Å². The van der Waals surface area contributed by atoms with Crippen molar-refractivity contribution in [2.75, 3.05) is 6.54 Å². The molecule has 2 N–H and O–H groups in total. The van der Waals surface area contributed by atoms with Gasteiger partial charge in [-0.25, -0.2) is 9.98 Å². The first-order chi connectivity index (χ1) is 12.6. The number of hydrogen-bond donors (Lipinski definition) is 2. The van der Waals surface area contributed by atoms with Gasteiger partial charge in [-0.2, -0.15) is 5.10 Å². The van der Waals surface area contributed by atoms with Crippen LogP contribution in [-0.4, -0.2) is 27.3 Å². The molecule has 0 fully saturated rings. The Balaban J connectivity index is 1.65. The number of aliphatic imine (C=N–C) groups is 1. The number of thiophene rings is 1. The normalized spacial score (nSPS) is 11.8. The third kappa shape index (κ3) is 4.13. The van der Waals surface area contributed by atoms with E-state index in [1.807, 2.05) is 43.1 Å². The van der Waals surface area contributed by atoms with Crippen molar-refractivity contribution in [1.82, 2.24) is 25.4 Å². The van der Waals surface area contributed by atoms with Crippen LogP contribution in [0.3, 0.4) is 0 Å². The van der Waals surface area contributed by atoms with Gasteiger partial charge in [-0.1, -0.05) is 6.07 Å². The van der Waals surface area contributed by atoms with Gasteiger partial charge in [0.1, 0.15) is 6.26 Å². The Hall–Kier alpha value is -2.61. The van der Waals surface area contributed by atoms with Crippen LogP contribution in [0, 0.1) is 13.8 Å². The van der Waals surface area contributed by atoms with Gasteiger partial charge in [-0.15, -0.1) is 11.3 Å². The number of aryl methyl sites for hydroxylation is 2. The van der Waals surface area contributed by atoms with Crippen LogP contribution in [0.5, 0.6) is 0 Å². The second kappa shape index (κ2) is 8.18. The van der Waals surface area contributed by atoms with E-state index >= 15 is 0 Å². The molecule has 3 heterocycles. The van der Waals surface area contributed by atoms with Crippen LogP contribution in [0.4, 0.5) is 0 Å². The van der Waals surface area contributed by atoms with Crippen molar-refractivity contribution in [3.8, 4) is 10.8 Å². The molecule has 8 heteroatoms. The highest BCUT2D eigenvalue weighted by molar-refractivity contribution is 7.13. The number of aromatic nitrogens is 3. The Morgan fingerprint density at radius 3 is 2.85 bits per heavy atom.